The van der Waals surface area contributed by atoms with Crippen molar-refractivity contribution in [2.24, 2.45) is 5.92 Å². The summed E-state index contributed by atoms with van der Waals surface area (Å²) in [5.41, 5.74) is -0.0337. The molecule has 0 fully saturated rings. The van der Waals surface area contributed by atoms with Crippen LogP contribution >= 0.6 is 0 Å². The molecule has 2 N–H and O–H groups in total. The van der Waals surface area contributed by atoms with E-state index in [1.807, 2.05) is 32.7 Å². The molecule has 3 nitrogen and oxygen atoms in total. The molecule has 0 heterocycles. The van der Waals surface area contributed by atoms with Crippen LogP contribution in [-0.2, 0) is 0 Å². The standard InChI is InChI=1S/C15H24FNO2/c1-11(9-17(4)15(2,3)10-18)14(19)12-7-5-6-8-13(12)16/h5-8,11,14,18-19H,9-10H2,1-4H3. The summed E-state index contributed by atoms with van der Waals surface area (Å²) in [6, 6.07) is 6.28. The number of hydrogen-bond donors (Lipinski definition) is 2. The van der Waals surface area contributed by atoms with E-state index in [0.717, 1.165) is 0 Å². The molecule has 0 spiro atoms. The molecule has 1 aromatic rings. The Morgan fingerprint density at radius 3 is 2.42 bits per heavy atom. The number of nitrogens with zero attached hydrogens (tertiary/aromatic N) is 1. The number of hydrogen-bond acceptors (Lipinski definition) is 3. The molecule has 0 aromatic heterocycles. The summed E-state index contributed by atoms with van der Waals surface area (Å²) in [5, 5.41) is 19.5. The highest BCUT2D eigenvalue weighted by molar-refractivity contribution is 5.20. The van der Waals surface area contributed by atoms with E-state index in [9.17, 15) is 14.6 Å². The van der Waals surface area contributed by atoms with E-state index in [1.165, 1.54) is 6.07 Å². The first-order chi connectivity index (χ1) is 8.79. The van der Waals surface area contributed by atoms with E-state index in [2.05, 4.69) is 0 Å². The minimum Gasteiger partial charge on any atom is -0.394 e. The Balaban J connectivity index is 2.74. The predicted octanol–water partition coefficient (Wildman–Crippen LogP) is 2.20. The van der Waals surface area contributed by atoms with Crippen molar-refractivity contribution in [3.8, 4) is 0 Å². The Morgan fingerprint density at radius 1 is 1.32 bits per heavy atom. The molecule has 0 amide bonds. The van der Waals surface area contributed by atoms with E-state index in [1.54, 1.807) is 18.2 Å². The maximum absolute atomic E-state index is 13.6. The number of halogens is 1. The quantitative estimate of drug-likeness (QED) is 0.832. The molecule has 0 aliphatic carbocycles. The minimum atomic E-state index is -0.849. The molecule has 2 unspecified atom stereocenters. The van der Waals surface area contributed by atoms with Crippen molar-refractivity contribution in [3.63, 3.8) is 0 Å². The van der Waals surface area contributed by atoms with Gasteiger partial charge >= 0.3 is 0 Å². The van der Waals surface area contributed by atoms with Gasteiger partial charge < -0.3 is 10.2 Å². The molecule has 0 bridgehead atoms. The molecule has 0 aliphatic rings. The average Bonchev–Trinajstić information content (AvgIpc) is 2.38. The molecule has 0 saturated heterocycles. The first-order valence-corrected chi connectivity index (χ1v) is 6.54. The van der Waals surface area contributed by atoms with Gasteiger partial charge in [0.05, 0.1) is 12.7 Å². The molecule has 0 aliphatic heterocycles. The Bertz CT molecular complexity index is 409. The van der Waals surface area contributed by atoms with Crippen LogP contribution in [0.2, 0.25) is 0 Å². The number of benzene rings is 1. The molecule has 0 radical (unpaired) electrons. The zero-order valence-corrected chi connectivity index (χ0v) is 12.1. The van der Waals surface area contributed by atoms with Gasteiger partial charge in [0.2, 0.25) is 0 Å². The SMILES string of the molecule is CC(CN(C)C(C)(C)CO)C(O)c1ccccc1F. The zero-order valence-electron chi connectivity index (χ0n) is 12.1. The monoisotopic (exact) mass is 269 g/mol. The average molecular weight is 269 g/mol. The summed E-state index contributed by atoms with van der Waals surface area (Å²) in [6.07, 6.45) is -0.849. The summed E-state index contributed by atoms with van der Waals surface area (Å²) < 4.78 is 13.6. The number of aliphatic hydroxyl groups is 2. The van der Waals surface area contributed by atoms with Gasteiger partial charge in [-0.1, -0.05) is 25.1 Å². The van der Waals surface area contributed by atoms with Crippen molar-refractivity contribution in [1.82, 2.24) is 4.90 Å². The maximum Gasteiger partial charge on any atom is 0.129 e. The second-order valence-electron chi connectivity index (χ2n) is 5.79. The number of rotatable bonds is 6. The molecule has 108 valence electrons. The molecule has 4 heteroatoms. The van der Waals surface area contributed by atoms with Crippen LogP contribution in [0.3, 0.4) is 0 Å². The lowest BCUT2D eigenvalue weighted by atomic mass is 9.94. The highest BCUT2D eigenvalue weighted by Crippen LogP contribution is 2.26. The second-order valence-corrected chi connectivity index (χ2v) is 5.79. The fraction of sp³-hybridized carbons (Fsp3) is 0.600. The van der Waals surface area contributed by atoms with Gasteiger partial charge in [0, 0.05) is 17.6 Å². The van der Waals surface area contributed by atoms with Crippen LogP contribution in [0.5, 0.6) is 0 Å². The zero-order chi connectivity index (χ0) is 14.6. The van der Waals surface area contributed by atoms with Crippen molar-refractivity contribution in [2.45, 2.75) is 32.4 Å². The Kier molecular flexibility index (Phi) is 5.47. The molecular weight excluding hydrogens is 245 g/mol. The van der Waals surface area contributed by atoms with Gasteiger partial charge in [-0.3, -0.25) is 4.90 Å². The van der Waals surface area contributed by atoms with Gasteiger partial charge in [-0.15, -0.1) is 0 Å². The van der Waals surface area contributed by atoms with Gasteiger partial charge in [-0.2, -0.15) is 0 Å². The van der Waals surface area contributed by atoms with Crippen LogP contribution in [0.4, 0.5) is 4.39 Å². The molecule has 19 heavy (non-hydrogen) atoms. The van der Waals surface area contributed by atoms with Gasteiger partial charge in [-0.05, 0) is 32.9 Å². The van der Waals surface area contributed by atoms with Crippen LogP contribution in [0, 0.1) is 11.7 Å². The number of aliphatic hydroxyl groups excluding tert-OH is 2. The lowest BCUT2D eigenvalue weighted by molar-refractivity contribution is 0.0341. The van der Waals surface area contributed by atoms with E-state index in [-0.39, 0.29) is 23.9 Å². The van der Waals surface area contributed by atoms with E-state index in [0.29, 0.717) is 12.1 Å². The van der Waals surface area contributed by atoms with Crippen molar-refractivity contribution in [2.75, 3.05) is 20.2 Å². The van der Waals surface area contributed by atoms with E-state index in [4.69, 9.17) is 0 Å². The Morgan fingerprint density at radius 2 is 1.89 bits per heavy atom. The molecular formula is C15H24FNO2. The predicted molar refractivity (Wildman–Crippen MR) is 74.3 cm³/mol. The highest BCUT2D eigenvalue weighted by atomic mass is 19.1. The van der Waals surface area contributed by atoms with Gasteiger partial charge in [-0.25, -0.2) is 4.39 Å². The van der Waals surface area contributed by atoms with Crippen molar-refractivity contribution >= 4 is 0 Å². The van der Waals surface area contributed by atoms with E-state index < -0.39 is 6.10 Å². The first kappa shape index (κ1) is 16.1. The summed E-state index contributed by atoms with van der Waals surface area (Å²) in [7, 11) is 1.89. The third kappa shape index (κ3) is 4.00. The molecule has 0 saturated carbocycles. The summed E-state index contributed by atoms with van der Waals surface area (Å²) in [4.78, 5) is 1.97. The third-order valence-electron chi connectivity index (χ3n) is 3.75. The lowest BCUT2D eigenvalue weighted by Crippen LogP contribution is -2.46. The fourth-order valence-corrected chi connectivity index (χ4v) is 1.92. The van der Waals surface area contributed by atoms with Crippen molar-refractivity contribution in [1.29, 1.82) is 0 Å². The molecule has 1 rings (SSSR count). The summed E-state index contributed by atoms with van der Waals surface area (Å²) in [6.45, 7) is 6.33. The minimum absolute atomic E-state index is 0.0337. The van der Waals surface area contributed by atoms with Crippen molar-refractivity contribution < 1.29 is 14.6 Å². The van der Waals surface area contributed by atoms with Crippen molar-refractivity contribution in [3.05, 3.63) is 35.6 Å². The molecule has 1 aromatic carbocycles. The van der Waals surface area contributed by atoms with Crippen LogP contribution in [0.1, 0.15) is 32.4 Å². The highest BCUT2D eigenvalue weighted by Gasteiger charge is 2.27. The van der Waals surface area contributed by atoms with Gasteiger partial charge in [0.15, 0.2) is 0 Å². The Hall–Kier alpha value is -0.970. The normalized spacial score (nSPS) is 15.6. The summed E-state index contributed by atoms with van der Waals surface area (Å²) >= 11 is 0. The fourth-order valence-electron chi connectivity index (χ4n) is 1.92. The first-order valence-electron chi connectivity index (χ1n) is 6.54. The van der Waals surface area contributed by atoms with Crippen LogP contribution in [-0.4, -0.2) is 40.9 Å². The number of likely N-dealkylation sites (N-methyl/N-ethyl adjacent to an activating group) is 1. The van der Waals surface area contributed by atoms with Crippen LogP contribution in [0.15, 0.2) is 24.3 Å². The van der Waals surface area contributed by atoms with Gasteiger partial charge in [0.25, 0.3) is 0 Å². The third-order valence-corrected chi connectivity index (χ3v) is 3.75. The van der Waals surface area contributed by atoms with E-state index >= 15 is 0 Å². The molecule has 2 atom stereocenters. The lowest BCUT2D eigenvalue weighted by Gasteiger charge is -2.36. The maximum atomic E-state index is 13.6. The topological polar surface area (TPSA) is 43.7 Å². The van der Waals surface area contributed by atoms with Gasteiger partial charge in [0.1, 0.15) is 5.82 Å². The van der Waals surface area contributed by atoms with Crippen LogP contribution < -0.4 is 0 Å². The second kappa shape index (κ2) is 6.46. The largest absolute Gasteiger partial charge is 0.394 e. The van der Waals surface area contributed by atoms with Crippen LogP contribution in [0.25, 0.3) is 0 Å². The Labute approximate surface area is 114 Å². The summed E-state index contributed by atoms with van der Waals surface area (Å²) in [5.74, 6) is -0.515. The smallest absolute Gasteiger partial charge is 0.129 e.